The first-order valence-electron chi connectivity index (χ1n) is 8.23. The van der Waals surface area contributed by atoms with Crippen LogP contribution in [0.1, 0.15) is 32.3 Å². The van der Waals surface area contributed by atoms with Gasteiger partial charge in [0.1, 0.15) is 6.04 Å². The molecule has 1 atom stereocenters. The van der Waals surface area contributed by atoms with Crippen molar-refractivity contribution in [1.29, 1.82) is 0 Å². The lowest BCUT2D eigenvalue weighted by atomic mass is 9.98. The smallest absolute Gasteiger partial charge is 0.246 e. The van der Waals surface area contributed by atoms with Crippen LogP contribution in [0.2, 0.25) is 0 Å². The number of anilines is 1. The maximum absolute atomic E-state index is 12.5. The van der Waals surface area contributed by atoms with E-state index < -0.39 is 11.6 Å². The minimum atomic E-state index is -0.593. The van der Waals surface area contributed by atoms with E-state index in [0.29, 0.717) is 6.42 Å². The average molecular weight is 325 g/mol. The monoisotopic (exact) mass is 325 g/mol. The zero-order chi connectivity index (χ0) is 17.3. The summed E-state index contributed by atoms with van der Waals surface area (Å²) >= 11 is 0. The van der Waals surface area contributed by atoms with Gasteiger partial charge in [-0.1, -0.05) is 30.3 Å². The number of carbonyl (C=O) groups excluding carboxylic acids is 2. The van der Waals surface area contributed by atoms with Gasteiger partial charge in [0.25, 0.3) is 0 Å². The summed E-state index contributed by atoms with van der Waals surface area (Å²) in [5.74, 6) is -0.370. The van der Waals surface area contributed by atoms with Crippen LogP contribution >= 0.6 is 0 Å². The van der Waals surface area contributed by atoms with Crippen molar-refractivity contribution in [2.24, 2.45) is 5.73 Å². The molecule has 3 rings (SSSR count). The van der Waals surface area contributed by atoms with Crippen LogP contribution in [0.3, 0.4) is 0 Å². The predicted octanol–water partition coefficient (Wildman–Crippen LogP) is 2.34. The number of aryl methyl sites for hydroxylation is 1. The fourth-order valence-corrected chi connectivity index (χ4v) is 3.16. The van der Waals surface area contributed by atoms with Crippen molar-refractivity contribution in [1.82, 2.24) is 5.32 Å². The zero-order valence-corrected chi connectivity index (χ0v) is 14.1. The molecule has 5 nitrogen and oxygen atoms in total. The Morgan fingerprint density at radius 2 is 2.04 bits per heavy atom. The highest BCUT2D eigenvalue weighted by atomic mass is 16.2. The second kappa shape index (κ2) is 6.24. The third-order valence-corrected chi connectivity index (χ3v) is 4.25. The predicted molar refractivity (Wildman–Crippen MR) is 95.7 cm³/mol. The van der Waals surface area contributed by atoms with E-state index in [-0.39, 0.29) is 18.2 Å². The summed E-state index contributed by atoms with van der Waals surface area (Å²) in [6.45, 7) is 3.59. The van der Waals surface area contributed by atoms with Gasteiger partial charge in [0.15, 0.2) is 0 Å². The van der Waals surface area contributed by atoms with Gasteiger partial charge < -0.3 is 16.4 Å². The summed E-state index contributed by atoms with van der Waals surface area (Å²) in [6.07, 6.45) is 1.49. The van der Waals surface area contributed by atoms with E-state index in [0.717, 1.165) is 28.4 Å². The number of nitrogens with one attached hydrogen (secondary N) is 2. The van der Waals surface area contributed by atoms with Crippen LogP contribution in [0.15, 0.2) is 36.4 Å². The van der Waals surface area contributed by atoms with Gasteiger partial charge in [0.2, 0.25) is 11.8 Å². The maximum Gasteiger partial charge on any atom is 0.246 e. The van der Waals surface area contributed by atoms with Crippen molar-refractivity contribution < 1.29 is 9.59 Å². The Bertz CT molecular complexity index is 793. The number of hydrogen-bond donors (Lipinski definition) is 3. The van der Waals surface area contributed by atoms with Crippen LogP contribution in [0.5, 0.6) is 0 Å². The molecule has 0 saturated carbocycles. The van der Waals surface area contributed by atoms with Gasteiger partial charge in [-0.05, 0) is 49.1 Å². The van der Waals surface area contributed by atoms with E-state index in [4.69, 9.17) is 5.73 Å². The van der Waals surface area contributed by atoms with Crippen LogP contribution in [0.25, 0.3) is 10.8 Å². The van der Waals surface area contributed by atoms with Gasteiger partial charge in [0, 0.05) is 17.6 Å². The van der Waals surface area contributed by atoms with E-state index >= 15 is 0 Å². The molecule has 0 aromatic heterocycles. The highest BCUT2D eigenvalue weighted by Crippen LogP contribution is 2.30. The number of carbonyl (C=O) groups is 2. The molecule has 2 aromatic rings. The molecule has 0 radical (unpaired) electrons. The molecule has 4 N–H and O–H groups in total. The molecule has 0 aliphatic carbocycles. The number of benzene rings is 2. The molecule has 0 bridgehead atoms. The van der Waals surface area contributed by atoms with Crippen LogP contribution in [0.4, 0.5) is 5.69 Å². The van der Waals surface area contributed by atoms with Crippen molar-refractivity contribution >= 4 is 28.3 Å². The summed E-state index contributed by atoms with van der Waals surface area (Å²) in [7, 11) is 0. The van der Waals surface area contributed by atoms with Gasteiger partial charge >= 0.3 is 0 Å². The Labute approximate surface area is 141 Å². The normalized spacial score (nSPS) is 17.8. The van der Waals surface area contributed by atoms with Gasteiger partial charge in [-0.2, -0.15) is 0 Å². The zero-order valence-electron chi connectivity index (χ0n) is 14.1. The SMILES string of the molecule is CC(C)(N)CC(=O)N[C@@H]1CCc2c(ccc3ccccc23)NC1=O. The Morgan fingerprint density at radius 1 is 1.29 bits per heavy atom. The van der Waals surface area contributed by atoms with E-state index in [2.05, 4.69) is 22.8 Å². The third kappa shape index (κ3) is 3.57. The summed E-state index contributed by atoms with van der Waals surface area (Å²) in [6, 6.07) is 11.5. The molecule has 0 fully saturated rings. The second-order valence-corrected chi connectivity index (χ2v) is 7.13. The molecule has 0 unspecified atom stereocenters. The van der Waals surface area contributed by atoms with Crippen molar-refractivity contribution in [3.05, 3.63) is 42.0 Å². The van der Waals surface area contributed by atoms with E-state index in [1.165, 1.54) is 0 Å². The molecule has 2 amide bonds. The fourth-order valence-electron chi connectivity index (χ4n) is 3.16. The van der Waals surface area contributed by atoms with Gasteiger partial charge in [-0.3, -0.25) is 9.59 Å². The third-order valence-electron chi connectivity index (χ3n) is 4.25. The van der Waals surface area contributed by atoms with E-state index in [9.17, 15) is 9.59 Å². The summed E-state index contributed by atoms with van der Waals surface area (Å²) in [5.41, 5.74) is 7.23. The molecule has 1 aliphatic rings. The number of hydrogen-bond acceptors (Lipinski definition) is 3. The Balaban J connectivity index is 1.81. The molecule has 5 heteroatoms. The van der Waals surface area contributed by atoms with E-state index in [1.54, 1.807) is 13.8 Å². The second-order valence-electron chi connectivity index (χ2n) is 7.13. The largest absolute Gasteiger partial charge is 0.344 e. The van der Waals surface area contributed by atoms with Crippen molar-refractivity contribution in [2.75, 3.05) is 5.32 Å². The molecular weight excluding hydrogens is 302 g/mol. The topological polar surface area (TPSA) is 84.2 Å². The van der Waals surface area contributed by atoms with Crippen molar-refractivity contribution in [2.45, 2.75) is 44.7 Å². The minimum Gasteiger partial charge on any atom is -0.344 e. The molecule has 0 spiro atoms. The fraction of sp³-hybridized carbons (Fsp3) is 0.368. The molecule has 2 aromatic carbocycles. The Morgan fingerprint density at radius 3 is 2.79 bits per heavy atom. The van der Waals surface area contributed by atoms with Gasteiger partial charge in [-0.15, -0.1) is 0 Å². The first-order valence-corrected chi connectivity index (χ1v) is 8.23. The highest BCUT2D eigenvalue weighted by Gasteiger charge is 2.27. The van der Waals surface area contributed by atoms with Crippen molar-refractivity contribution in [3.63, 3.8) is 0 Å². The molecular formula is C19H23N3O2. The standard InChI is InChI=1S/C19H23N3O2/c1-19(2,20)11-17(23)21-16-10-8-14-13-6-4-3-5-12(13)7-9-15(14)22-18(16)24/h3-7,9,16H,8,10-11,20H2,1-2H3,(H,21,23)(H,22,24)/t16-/m1/s1. The lowest BCUT2D eigenvalue weighted by molar-refractivity contribution is -0.127. The lowest BCUT2D eigenvalue weighted by Gasteiger charge is -2.20. The number of fused-ring (bicyclic) bond motifs is 3. The van der Waals surface area contributed by atoms with Crippen LogP contribution in [0, 0.1) is 0 Å². The summed E-state index contributed by atoms with van der Waals surface area (Å²) in [5, 5.41) is 8.06. The first kappa shape index (κ1) is 16.5. The quantitative estimate of drug-likeness (QED) is 0.810. The molecule has 0 saturated heterocycles. The first-order chi connectivity index (χ1) is 11.3. The average Bonchev–Trinajstić information content (AvgIpc) is 2.65. The highest BCUT2D eigenvalue weighted by molar-refractivity contribution is 6.01. The summed E-state index contributed by atoms with van der Waals surface area (Å²) in [4.78, 5) is 24.6. The number of nitrogens with two attached hydrogens (primary N) is 1. The van der Waals surface area contributed by atoms with Gasteiger partial charge in [-0.25, -0.2) is 0 Å². The number of rotatable bonds is 3. The van der Waals surface area contributed by atoms with E-state index in [1.807, 2.05) is 24.3 Å². The molecule has 1 aliphatic heterocycles. The molecule has 126 valence electrons. The Kier molecular flexibility index (Phi) is 4.28. The molecule has 24 heavy (non-hydrogen) atoms. The van der Waals surface area contributed by atoms with Crippen LogP contribution in [-0.4, -0.2) is 23.4 Å². The van der Waals surface area contributed by atoms with Crippen molar-refractivity contribution in [3.8, 4) is 0 Å². The van der Waals surface area contributed by atoms with Crippen LogP contribution in [-0.2, 0) is 16.0 Å². The minimum absolute atomic E-state index is 0.174. The molecule has 1 heterocycles. The Hall–Kier alpha value is -2.40. The summed E-state index contributed by atoms with van der Waals surface area (Å²) < 4.78 is 0. The maximum atomic E-state index is 12.5. The van der Waals surface area contributed by atoms with Crippen LogP contribution < -0.4 is 16.4 Å². The van der Waals surface area contributed by atoms with Gasteiger partial charge in [0.05, 0.1) is 0 Å². The number of amides is 2. The lowest BCUT2D eigenvalue weighted by Crippen LogP contribution is -2.46.